The predicted molar refractivity (Wildman–Crippen MR) is 76.2 cm³/mol. The molecule has 2 rings (SSSR count). The minimum Gasteiger partial charge on any atom is -0.387 e. The first kappa shape index (κ1) is 13.2. The summed E-state index contributed by atoms with van der Waals surface area (Å²) in [5, 5.41) is 3.99. The largest absolute Gasteiger partial charge is 0.387 e. The lowest BCUT2D eigenvalue weighted by Gasteiger charge is -2.34. The van der Waals surface area contributed by atoms with Crippen molar-refractivity contribution in [1.29, 1.82) is 0 Å². The van der Waals surface area contributed by atoms with Crippen LogP contribution in [-0.4, -0.2) is 46.4 Å². The number of rotatable bonds is 2. The van der Waals surface area contributed by atoms with Crippen molar-refractivity contribution in [3.63, 3.8) is 0 Å². The van der Waals surface area contributed by atoms with Crippen LogP contribution in [0.25, 0.3) is 0 Å². The van der Waals surface area contributed by atoms with E-state index in [2.05, 4.69) is 24.1 Å². The molecule has 0 radical (unpaired) electrons. The Balaban J connectivity index is 2.09. The van der Waals surface area contributed by atoms with Gasteiger partial charge in [-0.05, 0) is 12.1 Å². The fourth-order valence-electron chi connectivity index (χ4n) is 2.17. The van der Waals surface area contributed by atoms with E-state index in [0.29, 0.717) is 16.2 Å². The van der Waals surface area contributed by atoms with Gasteiger partial charge in [0.15, 0.2) is 0 Å². The number of amides is 1. The van der Waals surface area contributed by atoms with E-state index in [1.165, 1.54) is 0 Å². The normalized spacial score (nSPS) is 23.8. The fourth-order valence-corrected chi connectivity index (χ4v) is 3.50. The van der Waals surface area contributed by atoms with Crippen LogP contribution in [-0.2, 0) is 0 Å². The molecule has 1 N–H and O–H groups in total. The van der Waals surface area contributed by atoms with Crippen molar-refractivity contribution in [1.82, 2.24) is 9.88 Å². The molecule has 2 atom stereocenters. The summed E-state index contributed by atoms with van der Waals surface area (Å²) in [6.45, 7) is 5.95. The molecule has 1 aliphatic rings. The van der Waals surface area contributed by atoms with Gasteiger partial charge in [-0.2, -0.15) is 11.8 Å². The molecule has 0 spiro atoms. The number of thioether (sulfide) groups is 1. The second kappa shape index (κ2) is 5.61. The third-order valence-electron chi connectivity index (χ3n) is 2.98. The molecule has 1 fully saturated rings. The van der Waals surface area contributed by atoms with Gasteiger partial charge < -0.3 is 10.2 Å². The monoisotopic (exact) mass is 265 g/mol. The van der Waals surface area contributed by atoms with Crippen LogP contribution in [0, 0.1) is 0 Å². The third kappa shape index (κ3) is 2.96. The lowest BCUT2D eigenvalue weighted by Crippen LogP contribution is -2.44. The molecule has 2 heterocycles. The highest BCUT2D eigenvalue weighted by molar-refractivity contribution is 8.00. The first-order valence-electron chi connectivity index (χ1n) is 6.18. The quantitative estimate of drug-likeness (QED) is 0.889. The summed E-state index contributed by atoms with van der Waals surface area (Å²) >= 11 is 1.94. The van der Waals surface area contributed by atoms with Crippen molar-refractivity contribution in [3.05, 3.63) is 24.0 Å². The summed E-state index contributed by atoms with van der Waals surface area (Å²) < 4.78 is 0. The molecular weight excluding hydrogens is 246 g/mol. The molecule has 2 unspecified atom stereocenters. The van der Waals surface area contributed by atoms with Crippen LogP contribution < -0.4 is 5.32 Å². The highest BCUT2D eigenvalue weighted by Gasteiger charge is 2.26. The molecule has 1 amide bonds. The summed E-state index contributed by atoms with van der Waals surface area (Å²) in [5.41, 5.74) is 1.45. The molecule has 18 heavy (non-hydrogen) atoms. The lowest BCUT2D eigenvalue weighted by molar-refractivity contribution is 0.0747. The zero-order valence-corrected chi connectivity index (χ0v) is 11.8. The van der Waals surface area contributed by atoms with Crippen LogP contribution in [0.15, 0.2) is 18.3 Å². The number of hydrogen-bond donors (Lipinski definition) is 1. The van der Waals surface area contributed by atoms with Crippen molar-refractivity contribution < 1.29 is 4.79 Å². The number of anilines is 1. The van der Waals surface area contributed by atoms with E-state index >= 15 is 0 Å². The Bertz CT molecular complexity index is 411. The van der Waals surface area contributed by atoms with E-state index in [0.717, 1.165) is 18.8 Å². The average Bonchev–Trinajstić information content (AvgIpc) is 2.37. The Morgan fingerprint density at radius 3 is 2.56 bits per heavy atom. The zero-order chi connectivity index (χ0) is 13.1. The van der Waals surface area contributed by atoms with Gasteiger partial charge in [-0.1, -0.05) is 13.8 Å². The van der Waals surface area contributed by atoms with Crippen molar-refractivity contribution in [3.8, 4) is 0 Å². The second-order valence-corrected chi connectivity index (χ2v) is 6.53. The SMILES string of the molecule is CNc1ccc(C(=O)N2CC(C)SC(C)C2)nc1. The van der Waals surface area contributed by atoms with Gasteiger partial charge in [0.2, 0.25) is 0 Å². The topological polar surface area (TPSA) is 45.2 Å². The van der Waals surface area contributed by atoms with E-state index in [9.17, 15) is 4.79 Å². The summed E-state index contributed by atoms with van der Waals surface area (Å²) in [6, 6.07) is 3.66. The molecule has 1 aromatic heterocycles. The molecule has 0 bridgehead atoms. The summed E-state index contributed by atoms with van der Waals surface area (Å²) in [6.07, 6.45) is 1.69. The highest BCUT2D eigenvalue weighted by Crippen LogP contribution is 2.25. The fraction of sp³-hybridized carbons (Fsp3) is 0.538. The van der Waals surface area contributed by atoms with E-state index in [1.807, 2.05) is 29.8 Å². The molecule has 5 heteroatoms. The van der Waals surface area contributed by atoms with Gasteiger partial charge >= 0.3 is 0 Å². The number of nitrogens with zero attached hydrogens (tertiary/aromatic N) is 2. The Morgan fingerprint density at radius 2 is 2.06 bits per heavy atom. The zero-order valence-electron chi connectivity index (χ0n) is 11.0. The smallest absolute Gasteiger partial charge is 0.272 e. The standard InChI is InChI=1S/C13H19N3OS/c1-9-7-16(8-10(2)18-9)13(17)12-5-4-11(14-3)6-15-12/h4-6,9-10,14H,7-8H2,1-3H3. The van der Waals surface area contributed by atoms with Crippen LogP contribution in [0.5, 0.6) is 0 Å². The van der Waals surface area contributed by atoms with Crippen LogP contribution >= 0.6 is 11.8 Å². The van der Waals surface area contributed by atoms with Crippen LogP contribution in [0.4, 0.5) is 5.69 Å². The van der Waals surface area contributed by atoms with Crippen LogP contribution in [0.2, 0.25) is 0 Å². The highest BCUT2D eigenvalue weighted by atomic mass is 32.2. The average molecular weight is 265 g/mol. The van der Waals surface area contributed by atoms with Crippen LogP contribution in [0.1, 0.15) is 24.3 Å². The Labute approximate surface area is 112 Å². The molecule has 4 nitrogen and oxygen atoms in total. The second-order valence-electron chi connectivity index (χ2n) is 4.65. The van der Waals surface area contributed by atoms with E-state index in [-0.39, 0.29) is 5.91 Å². The number of nitrogens with one attached hydrogen (secondary N) is 1. The van der Waals surface area contributed by atoms with E-state index < -0.39 is 0 Å². The van der Waals surface area contributed by atoms with Crippen molar-refractivity contribution in [2.45, 2.75) is 24.3 Å². The first-order valence-corrected chi connectivity index (χ1v) is 7.13. The van der Waals surface area contributed by atoms with Crippen molar-refractivity contribution in [2.75, 3.05) is 25.5 Å². The number of hydrogen-bond acceptors (Lipinski definition) is 4. The Hall–Kier alpha value is -1.23. The summed E-state index contributed by atoms with van der Waals surface area (Å²) in [7, 11) is 1.84. The molecule has 0 saturated carbocycles. The minimum atomic E-state index is 0.0386. The number of pyridine rings is 1. The van der Waals surface area contributed by atoms with Gasteiger partial charge in [-0.15, -0.1) is 0 Å². The van der Waals surface area contributed by atoms with Crippen molar-refractivity contribution >= 4 is 23.4 Å². The third-order valence-corrected chi connectivity index (χ3v) is 4.21. The number of carbonyl (C=O) groups excluding carboxylic acids is 1. The molecule has 1 saturated heterocycles. The number of aromatic nitrogens is 1. The summed E-state index contributed by atoms with van der Waals surface area (Å²) in [4.78, 5) is 18.4. The summed E-state index contributed by atoms with van der Waals surface area (Å²) in [5.74, 6) is 0.0386. The molecule has 0 aliphatic carbocycles. The van der Waals surface area contributed by atoms with Gasteiger partial charge in [-0.3, -0.25) is 4.79 Å². The van der Waals surface area contributed by atoms with E-state index in [1.54, 1.807) is 12.3 Å². The van der Waals surface area contributed by atoms with Crippen LogP contribution in [0.3, 0.4) is 0 Å². The Morgan fingerprint density at radius 1 is 1.39 bits per heavy atom. The van der Waals surface area contributed by atoms with E-state index in [4.69, 9.17) is 0 Å². The maximum Gasteiger partial charge on any atom is 0.272 e. The van der Waals surface area contributed by atoms with Gasteiger partial charge in [0, 0.05) is 30.6 Å². The predicted octanol–water partition coefficient (Wildman–Crippen LogP) is 2.09. The Kier molecular flexibility index (Phi) is 4.11. The molecular formula is C13H19N3OS. The first-order chi connectivity index (χ1) is 8.60. The maximum absolute atomic E-state index is 12.3. The van der Waals surface area contributed by atoms with Gasteiger partial charge in [0.25, 0.3) is 5.91 Å². The molecule has 98 valence electrons. The molecule has 0 aromatic carbocycles. The molecule has 1 aliphatic heterocycles. The van der Waals surface area contributed by atoms with Gasteiger partial charge in [-0.25, -0.2) is 4.98 Å². The minimum absolute atomic E-state index is 0.0386. The maximum atomic E-state index is 12.3. The van der Waals surface area contributed by atoms with Crippen molar-refractivity contribution in [2.24, 2.45) is 0 Å². The molecule has 1 aromatic rings. The van der Waals surface area contributed by atoms with Gasteiger partial charge in [0.1, 0.15) is 5.69 Å². The lowest BCUT2D eigenvalue weighted by atomic mass is 10.2. The van der Waals surface area contributed by atoms with Gasteiger partial charge in [0.05, 0.1) is 11.9 Å². The number of carbonyl (C=O) groups is 1.